The Hall–Kier alpha value is -0.610. The van der Waals surface area contributed by atoms with Gasteiger partial charge in [0, 0.05) is 19.6 Å². The van der Waals surface area contributed by atoms with Crippen molar-refractivity contribution in [1.29, 1.82) is 0 Å². The fourth-order valence-corrected chi connectivity index (χ4v) is 1.63. The van der Waals surface area contributed by atoms with Gasteiger partial charge in [-0.1, -0.05) is 20.8 Å². The minimum Gasteiger partial charge on any atom is -0.340 e. The average molecular weight is 213 g/mol. The normalized spacial score (nSPS) is 20.9. The van der Waals surface area contributed by atoms with E-state index in [9.17, 15) is 4.79 Å². The summed E-state index contributed by atoms with van der Waals surface area (Å²) >= 11 is 0. The van der Waals surface area contributed by atoms with Gasteiger partial charge in [-0.15, -0.1) is 0 Å². The molecule has 1 heterocycles. The van der Waals surface area contributed by atoms with Crippen molar-refractivity contribution in [1.82, 2.24) is 10.2 Å². The molecule has 4 heteroatoms. The predicted molar refractivity (Wildman–Crippen MR) is 61.5 cm³/mol. The Morgan fingerprint density at radius 1 is 1.33 bits per heavy atom. The molecule has 0 radical (unpaired) electrons. The molecule has 1 saturated heterocycles. The highest BCUT2D eigenvalue weighted by Gasteiger charge is 2.30. The summed E-state index contributed by atoms with van der Waals surface area (Å²) in [6.45, 7) is 9.50. The van der Waals surface area contributed by atoms with Crippen LogP contribution in [0.25, 0.3) is 0 Å². The molecule has 1 unspecified atom stereocenters. The zero-order chi connectivity index (χ0) is 11.5. The van der Waals surface area contributed by atoms with E-state index in [4.69, 9.17) is 5.73 Å². The van der Waals surface area contributed by atoms with E-state index in [1.807, 2.05) is 25.7 Å². The molecule has 0 bridgehead atoms. The maximum atomic E-state index is 12.1. The Morgan fingerprint density at radius 3 is 2.60 bits per heavy atom. The highest BCUT2D eigenvalue weighted by atomic mass is 16.2. The van der Waals surface area contributed by atoms with Gasteiger partial charge in [0.25, 0.3) is 0 Å². The van der Waals surface area contributed by atoms with Gasteiger partial charge < -0.3 is 16.0 Å². The number of carbonyl (C=O) groups is 1. The van der Waals surface area contributed by atoms with Gasteiger partial charge in [0.1, 0.15) is 0 Å². The third-order valence-electron chi connectivity index (χ3n) is 2.85. The van der Waals surface area contributed by atoms with Gasteiger partial charge in [0.2, 0.25) is 5.91 Å². The van der Waals surface area contributed by atoms with Crippen molar-refractivity contribution in [3.63, 3.8) is 0 Å². The van der Waals surface area contributed by atoms with Crippen LogP contribution in [0.5, 0.6) is 0 Å². The quantitative estimate of drug-likeness (QED) is 0.653. The summed E-state index contributed by atoms with van der Waals surface area (Å²) in [7, 11) is 0. The largest absolute Gasteiger partial charge is 0.340 e. The molecule has 0 aromatic carbocycles. The van der Waals surface area contributed by atoms with Gasteiger partial charge in [-0.25, -0.2) is 0 Å². The Morgan fingerprint density at radius 2 is 2.00 bits per heavy atom. The van der Waals surface area contributed by atoms with Gasteiger partial charge in [0.05, 0.1) is 6.04 Å². The van der Waals surface area contributed by atoms with Crippen molar-refractivity contribution >= 4 is 5.91 Å². The van der Waals surface area contributed by atoms with Gasteiger partial charge in [-0.2, -0.15) is 0 Å². The molecule has 0 aromatic heterocycles. The van der Waals surface area contributed by atoms with Gasteiger partial charge in [0.15, 0.2) is 0 Å². The topological polar surface area (TPSA) is 58.4 Å². The fraction of sp³-hybridized carbons (Fsp3) is 0.909. The molecule has 0 saturated carbocycles. The molecule has 88 valence electrons. The predicted octanol–water partition coefficient (Wildman–Crippen LogP) is 0.182. The fourth-order valence-electron chi connectivity index (χ4n) is 1.63. The number of hydrogen-bond acceptors (Lipinski definition) is 3. The van der Waals surface area contributed by atoms with Crippen LogP contribution in [0.4, 0.5) is 0 Å². The van der Waals surface area contributed by atoms with Crippen LogP contribution in [-0.4, -0.2) is 43.0 Å². The second-order valence-corrected chi connectivity index (χ2v) is 5.27. The minimum atomic E-state index is -0.393. The molecule has 1 fully saturated rings. The summed E-state index contributed by atoms with van der Waals surface area (Å²) < 4.78 is 0. The molecule has 15 heavy (non-hydrogen) atoms. The van der Waals surface area contributed by atoms with Crippen molar-refractivity contribution < 1.29 is 4.79 Å². The average Bonchev–Trinajstić information content (AvgIpc) is 2.42. The molecule has 1 aliphatic heterocycles. The number of nitrogens with zero attached hydrogens (tertiary/aromatic N) is 1. The van der Waals surface area contributed by atoms with Crippen molar-refractivity contribution in [2.75, 3.05) is 26.2 Å². The van der Waals surface area contributed by atoms with Crippen LogP contribution < -0.4 is 11.1 Å². The first-order valence-electron chi connectivity index (χ1n) is 5.68. The third kappa shape index (κ3) is 3.47. The molecule has 4 nitrogen and oxygen atoms in total. The summed E-state index contributed by atoms with van der Waals surface area (Å²) in [6, 6.07) is -0.393. The molecule has 1 amide bonds. The first-order chi connectivity index (χ1) is 6.93. The van der Waals surface area contributed by atoms with E-state index in [-0.39, 0.29) is 11.3 Å². The number of amides is 1. The summed E-state index contributed by atoms with van der Waals surface area (Å²) in [6.07, 6.45) is 1.02. The molecule has 0 aliphatic carbocycles. The van der Waals surface area contributed by atoms with Crippen molar-refractivity contribution in [3.8, 4) is 0 Å². The Balaban J connectivity index is 2.58. The standard InChI is InChI=1S/C11H23N3O/c1-11(2,3)9(12)10(15)14-7-4-5-13-6-8-14/h9,13H,4-8,12H2,1-3H3. The molecule has 1 atom stereocenters. The van der Waals surface area contributed by atoms with Crippen LogP contribution in [0.3, 0.4) is 0 Å². The smallest absolute Gasteiger partial charge is 0.240 e. The zero-order valence-electron chi connectivity index (χ0n) is 10.0. The van der Waals surface area contributed by atoms with E-state index in [0.717, 1.165) is 32.6 Å². The number of carbonyl (C=O) groups excluding carboxylic acids is 1. The summed E-state index contributed by atoms with van der Waals surface area (Å²) in [5.41, 5.74) is 5.81. The van der Waals surface area contributed by atoms with E-state index in [1.165, 1.54) is 0 Å². The number of nitrogens with one attached hydrogen (secondary N) is 1. The number of rotatable bonds is 1. The highest BCUT2D eigenvalue weighted by molar-refractivity contribution is 5.82. The van der Waals surface area contributed by atoms with E-state index in [2.05, 4.69) is 5.32 Å². The molecule has 0 spiro atoms. The van der Waals surface area contributed by atoms with Crippen molar-refractivity contribution in [3.05, 3.63) is 0 Å². The lowest BCUT2D eigenvalue weighted by molar-refractivity contribution is -0.134. The maximum absolute atomic E-state index is 12.1. The van der Waals surface area contributed by atoms with E-state index < -0.39 is 6.04 Å². The number of nitrogens with two attached hydrogens (primary N) is 1. The number of hydrogen-bond donors (Lipinski definition) is 2. The van der Waals surface area contributed by atoms with Crippen LogP contribution in [-0.2, 0) is 4.79 Å². The molecular weight excluding hydrogens is 190 g/mol. The Bertz CT molecular complexity index is 214. The van der Waals surface area contributed by atoms with E-state index in [1.54, 1.807) is 0 Å². The van der Waals surface area contributed by atoms with Crippen LogP contribution in [0.2, 0.25) is 0 Å². The first kappa shape index (κ1) is 12.5. The monoisotopic (exact) mass is 213 g/mol. The maximum Gasteiger partial charge on any atom is 0.240 e. The molecular formula is C11H23N3O. The zero-order valence-corrected chi connectivity index (χ0v) is 10.0. The third-order valence-corrected chi connectivity index (χ3v) is 2.85. The van der Waals surface area contributed by atoms with Crippen molar-refractivity contribution in [2.24, 2.45) is 11.1 Å². The lowest BCUT2D eigenvalue weighted by atomic mass is 9.86. The van der Waals surface area contributed by atoms with Crippen LogP contribution in [0.1, 0.15) is 27.2 Å². The van der Waals surface area contributed by atoms with Crippen LogP contribution in [0, 0.1) is 5.41 Å². The first-order valence-corrected chi connectivity index (χ1v) is 5.68. The Kier molecular flexibility index (Phi) is 4.11. The van der Waals surface area contributed by atoms with E-state index in [0.29, 0.717) is 0 Å². The lowest BCUT2D eigenvalue weighted by Gasteiger charge is -2.31. The van der Waals surface area contributed by atoms with E-state index >= 15 is 0 Å². The highest BCUT2D eigenvalue weighted by Crippen LogP contribution is 2.19. The summed E-state index contributed by atoms with van der Waals surface area (Å²) in [4.78, 5) is 14.0. The van der Waals surface area contributed by atoms with Crippen LogP contribution in [0.15, 0.2) is 0 Å². The van der Waals surface area contributed by atoms with Crippen molar-refractivity contribution in [2.45, 2.75) is 33.2 Å². The van der Waals surface area contributed by atoms with Gasteiger partial charge >= 0.3 is 0 Å². The van der Waals surface area contributed by atoms with Crippen LogP contribution >= 0.6 is 0 Å². The summed E-state index contributed by atoms with van der Waals surface area (Å²) in [5, 5.41) is 3.28. The molecule has 0 aromatic rings. The second kappa shape index (κ2) is 4.94. The van der Waals surface area contributed by atoms with Gasteiger partial charge in [-0.05, 0) is 18.4 Å². The minimum absolute atomic E-state index is 0.0891. The SMILES string of the molecule is CC(C)(C)C(N)C(=O)N1CCCNCC1. The molecule has 3 N–H and O–H groups in total. The summed E-state index contributed by atoms with van der Waals surface area (Å²) in [5.74, 6) is 0.0891. The van der Waals surface area contributed by atoms with Gasteiger partial charge in [-0.3, -0.25) is 4.79 Å². The molecule has 1 rings (SSSR count). The Labute approximate surface area is 92.2 Å². The second-order valence-electron chi connectivity index (χ2n) is 5.27. The molecule has 1 aliphatic rings. The lowest BCUT2D eigenvalue weighted by Crippen LogP contribution is -2.51.